The summed E-state index contributed by atoms with van der Waals surface area (Å²) in [7, 11) is -2.33. The predicted octanol–water partition coefficient (Wildman–Crippen LogP) is 3.17. The number of carbonyl (C=O) groups is 2. The van der Waals surface area contributed by atoms with Crippen LogP contribution in [0.2, 0.25) is 0 Å². The van der Waals surface area contributed by atoms with Gasteiger partial charge in [0.15, 0.2) is 0 Å². The minimum absolute atomic E-state index is 0.167. The highest BCUT2D eigenvalue weighted by molar-refractivity contribution is 7.92. The molecule has 0 aromatic heterocycles. The van der Waals surface area contributed by atoms with E-state index in [0.717, 1.165) is 9.87 Å². The highest BCUT2D eigenvalue weighted by atomic mass is 32.2. The first-order chi connectivity index (χ1) is 14.2. The van der Waals surface area contributed by atoms with Gasteiger partial charge in [0, 0.05) is 23.9 Å². The molecule has 154 valence electrons. The Kier molecular flexibility index (Phi) is 5.89. The number of anilines is 2. The second-order valence-electron chi connectivity index (χ2n) is 6.73. The standard InChI is InChI=1S/C22H21N3O4S/c1-15-6-12-20(13-7-15)30(28,29)25(2)19-5-3-4-17(14-19)22(27)24-18-10-8-16(9-11-18)21(23)26/h3-14H,1-2H3,(H2,23,26)(H,24,27). The molecule has 3 rings (SSSR count). The number of rotatable bonds is 6. The van der Waals surface area contributed by atoms with Crippen molar-refractivity contribution in [3.8, 4) is 0 Å². The largest absolute Gasteiger partial charge is 0.366 e. The summed E-state index contributed by atoms with van der Waals surface area (Å²) >= 11 is 0. The van der Waals surface area contributed by atoms with Gasteiger partial charge in [0.25, 0.3) is 15.9 Å². The van der Waals surface area contributed by atoms with Gasteiger partial charge in [-0.1, -0.05) is 23.8 Å². The Balaban J connectivity index is 1.81. The van der Waals surface area contributed by atoms with Gasteiger partial charge in [-0.05, 0) is 61.5 Å². The van der Waals surface area contributed by atoms with Gasteiger partial charge in [-0.15, -0.1) is 0 Å². The second-order valence-corrected chi connectivity index (χ2v) is 8.70. The lowest BCUT2D eigenvalue weighted by Gasteiger charge is -2.20. The number of amides is 2. The van der Waals surface area contributed by atoms with Crippen molar-refractivity contribution in [3.63, 3.8) is 0 Å². The van der Waals surface area contributed by atoms with E-state index in [1.165, 1.54) is 25.2 Å². The average Bonchev–Trinajstić information content (AvgIpc) is 2.74. The van der Waals surface area contributed by atoms with Crippen LogP contribution in [0.5, 0.6) is 0 Å². The SMILES string of the molecule is Cc1ccc(S(=O)(=O)N(C)c2cccc(C(=O)Nc3ccc(C(N)=O)cc3)c2)cc1. The van der Waals surface area contributed by atoms with E-state index in [2.05, 4.69) is 5.32 Å². The zero-order valence-corrected chi connectivity index (χ0v) is 17.3. The number of hydrogen-bond acceptors (Lipinski definition) is 4. The van der Waals surface area contributed by atoms with Crippen LogP contribution in [0.3, 0.4) is 0 Å². The van der Waals surface area contributed by atoms with E-state index >= 15 is 0 Å². The highest BCUT2D eigenvalue weighted by Crippen LogP contribution is 2.23. The molecule has 0 fully saturated rings. The number of aryl methyl sites for hydroxylation is 1. The minimum Gasteiger partial charge on any atom is -0.366 e. The smallest absolute Gasteiger partial charge is 0.264 e. The molecule has 0 saturated carbocycles. The Morgan fingerprint density at radius 2 is 1.53 bits per heavy atom. The molecule has 7 nitrogen and oxygen atoms in total. The summed E-state index contributed by atoms with van der Waals surface area (Å²) in [6, 6.07) is 19.0. The lowest BCUT2D eigenvalue weighted by molar-refractivity contribution is 0.0998. The zero-order chi connectivity index (χ0) is 21.9. The van der Waals surface area contributed by atoms with Crippen LogP contribution in [0.4, 0.5) is 11.4 Å². The van der Waals surface area contributed by atoms with Crippen molar-refractivity contribution in [1.82, 2.24) is 0 Å². The molecule has 0 unspecified atom stereocenters. The van der Waals surface area contributed by atoms with Gasteiger partial charge < -0.3 is 11.1 Å². The van der Waals surface area contributed by atoms with Gasteiger partial charge >= 0.3 is 0 Å². The van der Waals surface area contributed by atoms with Crippen LogP contribution in [-0.4, -0.2) is 27.3 Å². The summed E-state index contributed by atoms with van der Waals surface area (Å²) in [5.41, 5.74) is 7.62. The molecule has 2 amide bonds. The lowest BCUT2D eigenvalue weighted by atomic mass is 10.1. The van der Waals surface area contributed by atoms with Crippen molar-refractivity contribution in [3.05, 3.63) is 89.5 Å². The second kappa shape index (κ2) is 8.38. The Bertz CT molecular complexity index is 1190. The van der Waals surface area contributed by atoms with Gasteiger partial charge in [0.2, 0.25) is 5.91 Å². The minimum atomic E-state index is -3.77. The number of nitrogens with zero attached hydrogens (tertiary/aromatic N) is 1. The van der Waals surface area contributed by atoms with Crippen LogP contribution >= 0.6 is 0 Å². The van der Waals surface area contributed by atoms with Crippen LogP contribution < -0.4 is 15.4 Å². The first-order valence-corrected chi connectivity index (χ1v) is 10.5. The van der Waals surface area contributed by atoms with Crippen molar-refractivity contribution >= 4 is 33.2 Å². The highest BCUT2D eigenvalue weighted by Gasteiger charge is 2.22. The summed E-state index contributed by atoms with van der Waals surface area (Å²) in [4.78, 5) is 23.9. The van der Waals surface area contributed by atoms with Crippen molar-refractivity contribution in [2.45, 2.75) is 11.8 Å². The monoisotopic (exact) mass is 423 g/mol. The molecule has 0 radical (unpaired) electrons. The molecule has 30 heavy (non-hydrogen) atoms. The van der Waals surface area contributed by atoms with Crippen LogP contribution in [0.1, 0.15) is 26.3 Å². The molecule has 3 aromatic carbocycles. The van der Waals surface area contributed by atoms with Gasteiger partial charge in [-0.3, -0.25) is 13.9 Å². The topological polar surface area (TPSA) is 110 Å². The predicted molar refractivity (Wildman–Crippen MR) is 116 cm³/mol. The first-order valence-electron chi connectivity index (χ1n) is 9.05. The van der Waals surface area contributed by atoms with Crippen molar-refractivity contribution in [1.29, 1.82) is 0 Å². The Labute approximate surface area is 175 Å². The van der Waals surface area contributed by atoms with Gasteiger partial charge in [0.1, 0.15) is 0 Å². The van der Waals surface area contributed by atoms with E-state index < -0.39 is 21.8 Å². The fraction of sp³-hybridized carbons (Fsp3) is 0.0909. The normalized spacial score (nSPS) is 11.0. The van der Waals surface area contributed by atoms with Crippen molar-refractivity contribution < 1.29 is 18.0 Å². The zero-order valence-electron chi connectivity index (χ0n) is 16.5. The number of hydrogen-bond donors (Lipinski definition) is 2. The molecule has 0 aliphatic carbocycles. The molecule has 8 heteroatoms. The fourth-order valence-electron chi connectivity index (χ4n) is 2.77. The fourth-order valence-corrected chi connectivity index (χ4v) is 3.96. The molecular weight excluding hydrogens is 402 g/mol. The molecule has 0 bridgehead atoms. The number of primary amides is 1. The molecule has 0 aliphatic rings. The number of nitrogens with one attached hydrogen (secondary N) is 1. The average molecular weight is 423 g/mol. The van der Waals surface area contributed by atoms with E-state index in [-0.39, 0.29) is 10.5 Å². The van der Waals surface area contributed by atoms with Gasteiger partial charge in [0.05, 0.1) is 10.6 Å². The molecular formula is C22H21N3O4S. The van der Waals surface area contributed by atoms with E-state index in [9.17, 15) is 18.0 Å². The van der Waals surface area contributed by atoms with Crippen LogP contribution in [-0.2, 0) is 10.0 Å². The summed E-state index contributed by atoms with van der Waals surface area (Å²) in [6.07, 6.45) is 0. The molecule has 3 aromatic rings. The van der Waals surface area contributed by atoms with Crippen molar-refractivity contribution in [2.24, 2.45) is 5.73 Å². The summed E-state index contributed by atoms with van der Waals surface area (Å²) < 4.78 is 26.9. The third-order valence-electron chi connectivity index (χ3n) is 4.58. The lowest BCUT2D eigenvalue weighted by Crippen LogP contribution is -2.27. The van der Waals surface area contributed by atoms with E-state index in [4.69, 9.17) is 5.73 Å². The number of carbonyl (C=O) groups excluding carboxylic acids is 2. The number of benzene rings is 3. The number of nitrogens with two attached hydrogens (primary N) is 1. The van der Waals surface area contributed by atoms with E-state index in [0.29, 0.717) is 16.9 Å². The third kappa shape index (κ3) is 4.49. The molecule has 3 N–H and O–H groups in total. The first kappa shape index (κ1) is 21.1. The molecule has 0 saturated heterocycles. The Hall–Kier alpha value is -3.65. The quantitative estimate of drug-likeness (QED) is 0.634. The van der Waals surface area contributed by atoms with E-state index in [1.807, 2.05) is 6.92 Å². The maximum atomic E-state index is 12.9. The Morgan fingerprint density at radius 3 is 2.13 bits per heavy atom. The van der Waals surface area contributed by atoms with Crippen LogP contribution in [0, 0.1) is 6.92 Å². The van der Waals surface area contributed by atoms with Gasteiger partial charge in [-0.2, -0.15) is 0 Å². The number of sulfonamides is 1. The van der Waals surface area contributed by atoms with Crippen LogP contribution in [0.25, 0.3) is 0 Å². The summed E-state index contributed by atoms with van der Waals surface area (Å²) in [5, 5.41) is 2.71. The van der Waals surface area contributed by atoms with Gasteiger partial charge in [-0.25, -0.2) is 8.42 Å². The third-order valence-corrected chi connectivity index (χ3v) is 6.38. The summed E-state index contributed by atoms with van der Waals surface area (Å²) in [5.74, 6) is -0.969. The van der Waals surface area contributed by atoms with Crippen molar-refractivity contribution in [2.75, 3.05) is 16.7 Å². The Morgan fingerprint density at radius 1 is 0.900 bits per heavy atom. The molecule has 0 heterocycles. The maximum absolute atomic E-state index is 12.9. The molecule has 0 aliphatic heterocycles. The molecule has 0 spiro atoms. The summed E-state index contributed by atoms with van der Waals surface area (Å²) in [6.45, 7) is 1.88. The molecule has 0 atom stereocenters. The van der Waals surface area contributed by atoms with Crippen LogP contribution in [0.15, 0.2) is 77.7 Å². The van der Waals surface area contributed by atoms with E-state index in [1.54, 1.807) is 54.6 Å². The maximum Gasteiger partial charge on any atom is 0.264 e.